The molecule has 0 aliphatic rings. The third-order valence-electron chi connectivity index (χ3n) is 4.55. The molecule has 3 aromatic rings. The largest absolute Gasteiger partial charge is 0.382 e. The fraction of sp³-hybridized carbons (Fsp3) is 0.333. The van der Waals surface area contributed by atoms with Crippen LogP contribution in [0.5, 0.6) is 0 Å². The number of anilines is 1. The Balaban J connectivity index is 1.63. The predicted octanol–water partition coefficient (Wildman–Crippen LogP) is 3.42. The molecule has 166 valence electrons. The number of sulfonamides is 1. The third-order valence-corrected chi connectivity index (χ3v) is 6.51. The Bertz CT molecular complexity index is 1150. The molecule has 0 bridgehead atoms. The number of hydrogen-bond donors (Lipinski definition) is 2. The highest BCUT2D eigenvalue weighted by Crippen LogP contribution is 2.21. The Morgan fingerprint density at radius 3 is 2.68 bits per heavy atom. The molecule has 0 spiro atoms. The number of benzene rings is 2. The van der Waals surface area contributed by atoms with Crippen molar-refractivity contribution in [1.29, 1.82) is 0 Å². The van der Waals surface area contributed by atoms with Gasteiger partial charge < -0.3 is 9.30 Å². The molecule has 1 aromatic heterocycles. The van der Waals surface area contributed by atoms with Crippen LogP contribution in [-0.4, -0.2) is 43.6 Å². The van der Waals surface area contributed by atoms with Crippen LogP contribution >= 0.6 is 11.6 Å². The van der Waals surface area contributed by atoms with Gasteiger partial charge in [0.1, 0.15) is 4.90 Å². The smallest absolute Gasteiger partial charge is 0.242 e. The van der Waals surface area contributed by atoms with Gasteiger partial charge in [0.05, 0.1) is 16.1 Å². The molecule has 3 rings (SSSR count). The average Bonchev–Trinajstić information content (AvgIpc) is 3.08. The maximum atomic E-state index is 12.5. The molecule has 2 aromatic carbocycles. The molecule has 1 heterocycles. The fourth-order valence-electron chi connectivity index (χ4n) is 3.09. The van der Waals surface area contributed by atoms with E-state index in [1.54, 1.807) is 12.1 Å². The Kier molecular flexibility index (Phi) is 8.03. The number of para-hydroxylation sites is 2. The number of fused-ring (bicyclic) bond motifs is 1. The highest BCUT2D eigenvalue weighted by molar-refractivity contribution is 7.89. The van der Waals surface area contributed by atoms with E-state index in [4.69, 9.17) is 16.3 Å². The van der Waals surface area contributed by atoms with Gasteiger partial charge in [0.2, 0.25) is 21.9 Å². The van der Waals surface area contributed by atoms with Gasteiger partial charge in [-0.3, -0.25) is 10.1 Å². The van der Waals surface area contributed by atoms with Crippen LogP contribution in [0.2, 0.25) is 5.02 Å². The van der Waals surface area contributed by atoms with E-state index in [9.17, 15) is 13.2 Å². The van der Waals surface area contributed by atoms with Crippen molar-refractivity contribution < 1.29 is 17.9 Å². The fourth-order valence-corrected chi connectivity index (χ4v) is 4.64. The summed E-state index contributed by atoms with van der Waals surface area (Å²) in [5.74, 6) is 0.0832. The van der Waals surface area contributed by atoms with Gasteiger partial charge in [0.15, 0.2) is 0 Å². The number of nitrogens with zero attached hydrogens (tertiary/aromatic N) is 2. The second-order valence-electron chi connectivity index (χ2n) is 6.75. The van der Waals surface area contributed by atoms with E-state index < -0.39 is 10.0 Å². The van der Waals surface area contributed by atoms with Gasteiger partial charge in [0, 0.05) is 32.7 Å². The molecule has 1 amide bonds. The van der Waals surface area contributed by atoms with Crippen LogP contribution in [0.25, 0.3) is 11.0 Å². The van der Waals surface area contributed by atoms with Gasteiger partial charge in [0.25, 0.3) is 0 Å². The Hall–Kier alpha value is -2.46. The lowest BCUT2D eigenvalue weighted by Crippen LogP contribution is -2.28. The number of aromatic nitrogens is 2. The van der Waals surface area contributed by atoms with Crippen molar-refractivity contribution in [2.24, 2.45) is 0 Å². The van der Waals surface area contributed by atoms with Crippen LogP contribution in [0.3, 0.4) is 0 Å². The number of nitrogens with one attached hydrogen (secondary N) is 2. The number of rotatable bonds is 11. The molecule has 0 fully saturated rings. The number of amides is 1. The maximum Gasteiger partial charge on any atom is 0.242 e. The van der Waals surface area contributed by atoms with Crippen LogP contribution in [0.4, 0.5) is 5.95 Å². The van der Waals surface area contributed by atoms with Crippen molar-refractivity contribution in [2.75, 3.05) is 25.1 Å². The molecule has 0 unspecified atom stereocenters. The molecule has 0 aliphatic carbocycles. The standard InChI is InChI=1S/C21H25ClN4O4S/c1-2-30-15-7-14-26-18-10-5-4-9-17(18)24-21(26)25-20(27)12-13-23-31(28,29)19-11-6-3-8-16(19)22/h3-6,8-11,23H,2,7,12-15H2,1H3,(H,24,25,27). The van der Waals surface area contributed by atoms with Gasteiger partial charge in [-0.1, -0.05) is 35.9 Å². The summed E-state index contributed by atoms with van der Waals surface area (Å²) < 4.78 is 34.5. The summed E-state index contributed by atoms with van der Waals surface area (Å²) in [5, 5.41) is 2.91. The van der Waals surface area contributed by atoms with Crippen molar-refractivity contribution in [3.63, 3.8) is 0 Å². The Morgan fingerprint density at radius 1 is 1.16 bits per heavy atom. The first-order chi connectivity index (χ1) is 14.9. The van der Waals surface area contributed by atoms with Crippen molar-refractivity contribution in [3.05, 3.63) is 53.6 Å². The van der Waals surface area contributed by atoms with Crippen molar-refractivity contribution >= 4 is 44.5 Å². The van der Waals surface area contributed by atoms with Crippen molar-refractivity contribution in [1.82, 2.24) is 14.3 Å². The maximum absolute atomic E-state index is 12.5. The highest BCUT2D eigenvalue weighted by Gasteiger charge is 2.18. The second-order valence-corrected chi connectivity index (χ2v) is 8.90. The highest BCUT2D eigenvalue weighted by atomic mass is 35.5. The Morgan fingerprint density at radius 2 is 1.90 bits per heavy atom. The Labute approximate surface area is 186 Å². The summed E-state index contributed by atoms with van der Waals surface area (Å²) in [6.45, 7) is 3.77. The van der Waals surface area contributed by atoms with Crippen LogP contribution in [0, 0.1) is 0 Å². The summed E-state index contributed by atoms with van der Waals surface area (Å²) in [5.41, 5.74) is 1.68. The molecule has 31 heavy (non-hydrogen) atoms. The normalized spacial score (nSPS) is 11.7. The van der Waals surface area contributed by atoms with E-state index >= 15 is 0 Å². The van der Waals surface area contributed by atoms with Gasteiger partial charge in [-0.2, -0.15) is 0 Å². The van der Waals surface area contributed by atoms with Crippen LogP contribution in [0.15, 0.2) is 53.4 Å². The number of imidazole rings is 1. The van der Waals surface area contributed by atoms with Crippen LogP contribution in [0.1, 0.15) is 19.8 Å². The van der Waals surface area contributed by atoms with Gasteiger partial charge >= 0.3 is 0 Å². The first kappa shape index (κ1) is 23.2. The zero-order valence-electron chi connectivity index (χ0n) is 17.2. The van der Waals surface area contributed by atoms with Crippen LogP contribution < -0.4 is 10.0 Å². The molecule has 8 nitrogen and oxygen atoms in total. The SMILES string of the molecule is CCOCCCn1c(NC(=O)CCNS(=O)(=O)c2ccccc2Cl)nc2ccccc21. The van der Waals surface area contributed by atoms with E-state index in [0.717, 1.165) is 17.5 Å². The molecule has 0 saturated heterocycles. The molecule has 2 N–H and O–H groups in total. The third kappa shape index (κ3) is 6.04. The summed E-state index contributed by atoms with van der Waals surface area (Å²) in [6.07, 6.45) is 0.723. The number of aryl methyl sites for hydroxylation is 1. The van der Waals surface area contributed by atoms with Crippen LogP contribution in [-0.2, 0) is 26.1 Å². The van der Waals surface area contributed by atoms with E-state index in [0.29, 0.717) is 25.7 Å². The minimum Gasteiger partial charge on any atom is -0.382 e. The minimum atomic E-state index is -3.80. The molecule has 0 atom stereocenters. The van der Waals surface area contributed by atoms with Crippen molar-refractivity contribution in [3.8, 4) is 0 Å². The lowest BCUT2D eigenvalue weighted by molar-refractivity contribution is -0.116. The lowest BCUT2D eigenvalue weighted by atomic mass is 10.3. The van der Waals surface area contributed by atoms with Gasteiger partial charge in [-0.15, -0.1) is 0 Å². The summed E-state index contributed by atoms with van der Waals surface area (Å²) in [4.78, 5) is 16.9. The quantitative estimate of drug-likeness (QED) is 0.423. The molecule has 0 saturated carbocycles. The number of halogens is 1. The van der Waals surface area contributed by atoms with Gasteiger partial charge in [-0.05, 0) is 37.6 Å². The average molecular weight is 465 g/mol. The summed E-state index contributed by atoms with van der Waals surface area (Å²) >= 11 is 5.96. The lowest BCUT2D eigenvalue weighted by Gasteiger charge is -2.11. The zero-order chi connectivity index (χ0) is 22.3. The predicted molar refractivity (Wildman–Crippen MR) is 121 cm³/mol. The van der Waals surface area contributed by atoms with E-state index in [1.807, 2.05) is 35.8 Å². The zero-order valence-corrected chi connectivity index (χ0v) is 18.7. The first-order valence-corrected chi connectivity index (χ1v) is 11.9. The first-order valence-electron chi connectivity index (χ1n) is 9.99. The topological polar surface area (TPSA) is 102 Å². The molecular formula is C21H25ClN4O4S. The monoisotopic (exact) mass is 464 g/mol. The minimum absolute atomic E-state index is 0.0202. The van der Waals surface area contributed by atoms with Crippen molar-refractivity contribution in [2.45, 2.75) is 31.2 Å². The number of ether oxygens (including phenoxy) is 1. The van der Waals surface area contributed by atoms with Gasteiger partial charge in [-0.25, -0.2) is 18.1 Å². The number of carbonyl (C=O) groups excluding carboxylic acids is 1. The second kappa shape index (κ2) is 10.7. The number of hydrogen-bond acceptors (Lipinski definition) is 5. The number of carbonyl (C=O) groups is 1. The summed E-state index contributed by atoms with van der Waals surface area (Å²) in [7, 11) is -3.80. The molecule has 10 heteroatoms. The molecule has 0 radical (unpaired) electrons. The van der Waals surface area contributed by atoms with E-state index in [2.05, 4.69) is 15.0 Å². The summed E-state index contributed by atoms with van der Waals surface area (Å²) in [6, 6.07) is 13.8. The van der Waals surface area contributed by atoms with E-state index in [1.165, 1.54) is 12.1 Å². The van der Waals surface area contributed by atoms with E-state index in [-0.39, 0.29) is 28.8 Å². The molecule has 0 aliphatic heterocycles. The molecular weight excluding hydrogens is 440 g/mol.